The molecule has 1 aliphatic heterocycles. The molecule has 0 spiro atoms. The Morgan fingerprint density at radius 3 is 1.71 bits per heavy atom. The molecular formula is C26H37F6NO9. The molecule has 4 atom stereocenters. The van der Waals surface area contributed by atoms with Gasteiger partial charge in [-0.2, -0.15) is 31.2 Å². The predicted octanol–water partition coefficient (Wildman–Crippen LogP) is 5.50. The quantitative estimate of drug-likeness (QED) is 0.158. The molecule has 242 valence electrons. The lowest BCUT2D eigenvalue weighted by molar-refractivity contribution is -0.167. The van der Waals surface area contributed by atoms with Gasteiger partial charge >= 0.3 is 30.5 Å². The summed E-state index contributed by atoms with van der Waals surface area (Å²) in [6.45, 7) is 7.96. The Labute approximate surface area is 239 Å². The Morgan fingerprint density at radius 2 is 1.29 bits per heavy atom. The zero-order valence-electron chi connectivity index (χ0n) is 24.3. The average Bonchev–Trinajstić information content (AvgIpc) is 2.80. The van der Waals surface area contributed by atoms with Crippen molar-refractivity contribution in [2.75, 3.05) is 26.4 Å². The molecule has 2 amide bonds. The van der Waals surface area contributed by atoms with E-state index in [0.29, 0.717) is 17.1 Å². The van der Waals surface area contributed by atoms with E-state index in [1.54, 1.807) is 0 Å². The van der Waals surface area contributed by atoms with Crippen LogP contribution in [0.2, 0.25) is 0 Å². The van der Waals surface area contributed by atoms with Crippen molar-refractivity contribution < 1.29 is 69.1 Å². The van der Waals surface area contributed by atoms with E-state index in [9.17, 15) is 40.7 Å². The van der Waals surface area contributed by atoms with Crippen LogP contribution in [0.1, 0.15) is 48.5 Å². The summed E-state index contributed by atoms with van der Waals surface area (Å²) < 4.78 is 107. The standard InChI is InChI=1S/C26H37F6NO9/c1-16-19(39-13-9-11-26(30,31)32)18(38-12-8-10-25(27,28)29)15-37-14-17(20(34)40-16)33(21(35)41-23(2,3)4)22(36)42-24(5,6)7/h8-11,16-19H,12-15H2,1-7H3/t16-,17-,18-,19-/m0/s1. The maximum atomic E-state index is 13.2. The number of esters is 1. The van der Waals surface area contributed by atoms with E-state index in [2.05, 4.69) is 0 Å². The Balaban J connectivity index is 3.35. The van der Waals surface area contributed by atoms with E-state index < -0.39 is 92.5 Å². The fourth-order valence-corrected chi connectivity index (χ4v) is 3.32. The van der Waals surface area contributed by atoms with Crippen LogP contribution in [-0.4, -0.2) is 97.4 Å². The number of rotatable bonds is 7. The first-order chi connectivity index (χ1) is 19.0. The van der Waals surface area contributed by atoms with E-state index in [4.69, 9.17) is 28.4 Å². The lowest BCUT2D eigenvalue weighted by Gasteiger charge is -2.32. The van der Waals surface area contributed by atoms with E-state index in [-0.39, 0.29) is 12.2 Å². The van der Waals surface area contributed by atoms with Gasteiger partial charge in [-0.25, -0.2) is 14.4 Å². The fraction of sp³-hybridized carbons (Fsp3) is 0.731. The number of carbonyl (C=O) groups is 3. The molecule has 0 aromatic carbocycles. The molecule has 0 radical (unpaired) electrons. The monoisotopic (exact) mass is 621 g/mol. The zero-order valence-corrected chi connectivity index (χ0v) is 24.3. The van der Waals surface area contributed by atoms with Gasteiger partial charge in [0, 0.05) is 12.2 Å². The first-order valence-corrected chi connectivity index (χ1v) is 12.7. The molecule has 0 aromatic rings. The Bertz CT molecular complexity index is 939. The summed E-state index contributed by atoms with van der Waals surface area (Å²) in [6.07, 6.45) is -14.6. The number of carbonyl (C=O) groups excluding carboxylic acids is 3. The van der Waals surface area contributed by atoms with Crippen molar-refractivity contribution in [2.45, 2.75) is 96.4 Å². The third kappa shape index (κ3) is 14.9. The van der Waals surface area contributed by atoms with Gasteiger partial charge in [0.05, 0.1) is 26.4 Å². The molecule has 16 heteroatoms. The number of imide groups is 1. The minimum atomic E-state index is -4.64. The third-order valence-electron chi connectivity index (χ3n) is 4.86. The zero-order chi connectivity index (χ0) is 32.5. The topological polar surface area (TPSA) is 110 Å². The molecule has 1 saturated heterocycles. The first-order valence-electron chi connectivity index (χ1n) is 12.7. The molecule has 0 aromatic heterocycles. The van der Waals surface area contributed by atoms with Crippen LogP contribution in [0.25, 0.3) is 0 Å². The summed E-state index contributed by atoms with van der Waals surface area (Å²) in [4.78, 5) is 39.7. The molecule has 10 nitrogen and oxygen atoms in total. The number of hydrogen-bond acceptors (Lipinski definition) is 9. The SMILES string of the molecule is C[C@@H]1OC(=O)[C@@H](N(C(=O)OC(C)(C)C)C(=O)OC(C)(C)C)COC[C@H](OCC=CC(F)(F)F)[C@H]1OCC=CC(F)(F)F. The minimum Gasteiger partial charge on any atom is -0.458 e. The van der Waals surface area contributed by atoms with Gasteiger partial charge in [-0.15, -0.1) is 0 Å². The molecule has 0 aliphatic carbocycles. The van der Waals surface area contributed by atoms with Gasteiger partial charge in [0.2, 0.25) is 0 Å². The smallest absolute Gasteiger partial charge is 0.420 e. The van der Waals surface area contributed by atoms with Gasteiger partial charge in [0.1, 0.15) is 29.5 Å². The van der Waals surface area contributed by atoms with Crippen molar-refractivity contribution in [3.05, 3.63) is 24.3 Å². The highest BCUT2D eigenvalue weighted by Gasteiger charge is 2.44. The molecule has 1 aliphatic rings. The van der Waals surface area contributed by atoms with Crippen LogP contribution in [0, 0.1) is 0 Å². The van der Waals surface area contributed by atoms with Crippen molar-refractivity contribution in [3.8, 4) is 0 Å². The Hall–Kier alpha value is -2.85. The second kappa shape index (κ2) is 15.0. The van der Waals surface area contributed by atoms with Crippen molar-refractivity contribution in [2.24, 2.45) is 0 Å². The summed E-state index contributed by atoms with van der Waals surface area (Å²) in [5, 5.41) is 0. The maximum absolute atomic E-state index is 13.2. The van der Waals surface area contributed by atoms with Gasteiger partial charge < -0.3 is 28.4 Å². The number of nitrogens with zero attached hydrogens (tertiary/aromatic N) is 1. The van der Waals surface area contributed by atoms with Crippen LogP contribution in [0.15, 0.2) is 24.3 Å². The largest absolute Gasteiger partial charge is 0.458 e. The summed E-state index contributed by atoms with van der Waals surface area (Å²) in [6, 6.07) is -1.76. The van der Waals surface area contributed by atoms with Crippen molar-refractivity contribution >= 4 is 18.2 Å². The van der Waals surface area contributed by atoms with Gasteiger partial charge in [-0.3, -0.25) is 0 Å². The van der Waals surface area contributed by atoms with E-state index in [0.717, 1.165) is 0 Å². The molecule has 0 bridgehead atoms. The summed E-state index contributed by atoms with van der Waals surface area (Å²) >= 11 is 0. The lowest BCUT2D eigenvalue weighted by atomic mass is 10.1. The van der Waals surface area contributed by atoms with Gasteiger partial charge in [-0.1, -0.05) is 12.2 Å². The van der Waals surface area contributed by atoms with Crippen molar-refractivity contribution in [1.29, 1.82) is 0 Å². The first kappa shape index (κ1) is 37.2. The molecule has 1 heterocycles. The predicted molar refractivity (Wildman–Crippen MR) is 134 cm³/mol. The molecule has 0 N–H and O–H groups in total. The number of cyclic esters (lactones) is 1. The second-order valence-corrected chi connectivity index (χ2v) is 11.1. The van der Waals surface area contributed by atoms with Crippen LogP contribution in [0.4, 0.5) is 35.9 Å². The summed E-state index contributed by atoms with van der Waals surface area (Å²) in [5.41, 5.74) is -2.20. The maximum Gasteiger partial charge on any atom is 0.420 e. The van der Waals surface area contributed by atoms with Crippen LogP contribution in [0.5, 0.6) is 0 Å². The average molecular weight is 622 g/mol. The molecule has 1 rings (SSSR count). The van der Waals surface area contributed by atoms with Crippen molar-refractivity contribution in [1.82, 2.24) is 4.90 Å². The second-order valence-electron chi connectivity index (χ2n) is 11.1. The van der Waals surface area contributed by atoms with Crippen LogP contribution >= 0.6 is 0 Å². The van der Waals surface area contributed by atoms with E-state index in [1.807, 2.05) is 0 Å². The van der Waals surface area contributed by atoms with Crippen molar-refractivity contribution in [3.63, 3.8) is 0 Å². The summed E-state index contributed by atoms with van der Waals surface area (Å²) in [7, 11) is 0. The number of allylic oxidation sites excluding steroid dienone is 2. The normalized spacial score (nSPS) is 23.2. The highest BCUT2D eigenvalue weighted by atomic mass is 19.4. The fourth-order valence-electron chi connectivity index (χ4n) is 3.32. The summed E-state index contributed by atoms with van der Waals surface area (Å²) in [5.74, 6) is -1.18. The van der Waals surface area contributed by atoms with Crippen LogP contribution < -0.4 is 0 Å². The van der Waals surface area contributed by atoms with E-state index in [1.165, 1.54) is 48.5 Å². The molecule has 0 saturated carbocycles. The highest BCUT2D eigenvalue weighted by Crippen LogP contribution is 2.23. The lowest BCUT2D eigenvalue weighted by Crippen LogP contribution is -2.54. The number of halogens is 6. The van der Waals surface area contributed by atoms with Crippen LogP contribution in [-0.2, 0) is 33.2 Å². The number of alkyl halides is 6. The number of ether oxygens (including phenoxy) is 6. The molecule has 1 fully saturated rings. The molecule has 42 heavy (non-hydrogen) atoms. The third-order valence-corrected chi connectivity index (χ3v) is 4.86. The number of amides is 2. The Morgan fingerprint density at radius 1 is 0.833 bits per heavy atom. The number of hydrogen-bond donors (Lipinski definition) is 0. The van der Waals surface area contributed by atoms with E-state index >= 15 is 0 Å². The molecular weight excluding hydrogens is 584 g/mol. The van der Waals surface area contributed by atoms with Crippen LogP contribution in [0.3, 0.4) is 0 Å². The van der Waals surface area contributed by atoms with Gasteiger partial charge in [-0.05, 0) is 48.5 Å². The highest BCUT2D eigenvalue weighted by molar-refractivity contribution is 5.94. The molecule has 0 unspecified atom stereocenters. The van der Waals surface area contributed by atoms with Gasteiger partial charge in [0.15, 0.2) is 6.04 Å². The van der Waals surface area contributed by atoms with Gasteiger partial charge in [0.25, 0.3) is 0 Å². The minimum absolute atomic E-state index is 0.0794. The Kier molecular flexibility index (Phi) is 13.3.